The molecule has 0 saturated heterocycles. The summed E-state index contributed by atoms with van der Waals surface area (Å²) in [5, 5.41) is 0. The Labute approximate surface area is 146 Å². The maximum atomic E-state index is 3.76. The summed E-state index contributed by atoms with van der Waals surface area (Å²) in [6.45, 7) is 6.91. The Hall–Kier alpha value is -0.520. The van der Waals surface area contributed by atoms with E-state index in [2.05, 4.69) is 26.8 Å². The predicted molar refractivity (Wildman–Crippen MR) is 105 cm³/mol. The van der Waals surface area contributed by atoms with E-state index in [-0.39, 0.29) is 0 Å². The molecule has 0 nitrogen and oxygen atoms in total. The van der Waals surface area contributed by atoms with Crippen LogP contribution in [0, 0.1) is 6.08 Å². The standard InChI is InChI=1S/C23H41/c1-4-7-10-13-16-21-19-20-22(17-14-11-8-5-2)23(21)18-15-12-9-6-3/h4-19H2,1-3H3. The maximum Gasteiger partial charge on any atom is -0.00554 e. The highest BCUT2D eigenvalue weighted by atomic mass is 14.2. The second kappa shape index (κ2) is 13.9. The highest BCUT2D eigenvalue weighted by Gasteiger charge is 2.17. The van der Waals surface area contributed by atoms with Gasteiger partial charge in [0.1, 0.15) is 0 Å². The Morgan fingerprint density at radius 2 is 1.13 bits per heavy atom. The van der Waals surface area contributed by atoms with Crippen molar-refractivity contribution in [3.8, 4) is 0 Å². The van der Waals surface area contributed by atoms with E-state index < -0.39 is 0 Å². The van der Waals surface area contributed by atoms with Crippen LogP contribution in [-0.4, -0.2) is 0 Å². The maximum absolute atomic E-state index is 3.76. The van der Waals surface area contributed by atoms with E-state index in [9.17, 15) is 0 Å². The molecule has 0 aromatic rings. The van der Waals surface area contributed by atoms with Crippen molar-refractivity contribution in [1.29, 1.82) is 0 Å². The topological polar surface area (TPSA) is 0 Å². The Kier molecular flexibility index (Phi) is 12.4. The van der Waals surface area contributed by atoms with Crippen molar-refractivity contribution < 1.29 is 0 Å². The van der Waals surface area contributed by atoms with Crippen molar-refractivity contribution in [3.05, 3.63) is 22.8 Å². The van der Waals surface area contributed by atoms with E-state index in [0.717, 1.165) is 6.42 Å². The molecule has 133 valence electrons. The number of allylic oxidation sites excluding steroid dienone is 4. The van der Waals surface area contributed by atoms with Crippen molar-refractivity contribution in [2.75, 3.05) is 0 Å². The van der Waals surface area contributed by atoms with Crippen molar-refractivity contribution in [2.24, 2.45) is 0 Å². The van der Waals surface area contributed by atoms with Crippen LogP contribution in [0.25, 0.3) is 0 Å². The Balaban J connectivity index is 2.48. The first-order valence-corrected chi connectivity index (χ1v) is 10.6. The third kappa shape index (κ3) is 8.77. The minimum atomic E-state index is 1.15. The van der Waals surface area contributed by atoms with Gasteiger partial charge in [-0.2, -0.15) is 0 Å². The van der Waals surface area contributed by atoms with Crippen LogP contribution in [0.5, 0.6) is 0 Å². The van der Waals surface area contributed by atoms with Gasteiger partial charge in [-0.15, -0.1) is 0 Å². The molecule has 0 heteroatoms. The molecular weight excluding hydrogens is 276 g/mol. The van der Waals surface area contributed by atoms with Gasteiger partial charge in [0.25, 0.3) is 0 Å². The Morgan fingerprint density at radius 3 is 1.70 bits per heavy atom. The highest BCUT2D eigenvalue weighted by Crippen LogP contribution is 2.35. The fourth-order valence-electron chi connectivity index (χ4n) is 3.67. The highest BCUT2D eigenvalue weighted by molar-refractivity contribution is 5.40. The molecule has 0 amide bonds. The molecule has 0 atom stereocenters. The summed E-state index contributed by atoms with van der Waals surface area (Å²) in [6.07, 6.45) is 25.5. The summed E-state index contributed by atoms with van der Waals surface area (Å²) in [5.41, 5.74) is 5.11. The normalized spacial score (nSPS) is 14.7. The van der Waals surface area contributed by atoms with Crippen LogP contribution in [0.1, 0.15) is 124 Å². The average Bonchev–Trinajstić information content (AvgIpc) is 2.94. The minimum Gasteiger partial charge on any atom is -0.0654 e. The van der Waals surface area contributed by atoms with Crippen LogP contribution < -0.4 is 0 Å². The smallest absolute Gasteiger partial charge is 0.00554 e. The van der Waals surface area contributed by atoms with Gasteiger partial charge in [-0.25, -0.2) is 0 Å². The SMILES string of the molecule is CCCCCCC1=[C]CC(CCCCCC)=C1CCCCCC. The largest absolute Gasteiger partial charge is 0.0654 e. The second-order valence-electron chi connectivity index (χ2n) is 7.35. The fourth-order valence-corrected chi connectivity index (χ4v) is 3.67. The average molecular weight is 318 g/mol. The summed E-state index contributed by atoms with van der Waals surface area (Å²) in [4.78, 5) is 0. The zero-order valence-corrected chi connectivity index (χ0v) is 16.3. The molecule has 0 bridgehead atoms. The molecule has 0 N–H and O–H groups in total. The van der Waals surface area contributed by atoms with Crippen LogP contribution in [0.3, 0.4) is 0 Å². The molecule has 0 aromatic carbocycles. The zero-order valence-electron chi connectivity index (χ0n) is 16.3. The van der Waals surface area contributed by atoms with E-state index in [0.29, 0.717) is 0 Å². The lowest BCUT2D eigenvalue weighted by Crippen LogP contribution is -1.93. The summed E-state index contributed by atoms with van der Waals surface area (Å²) in [5.74, 6) is 0. The van der Waals surface area contributed by atoms with Crippen molar-refractivity contribution in [3.63, 3.8) is 0 Å². The molecule has 0 spiro atoms. The lowest BCUT2D eigenvalue weighted by Gasteiger charge is -2.12. The molecular formula is C23H41. The molecule has 0 aromatic heterocycles. The van der Waals surface area contributed by atoms with E-state index in [4.69, 9.17) is 0 Å². The molecule has 0 aliphatic heterocycles. The van der Waals surface area contributed by atoms with E-state index >= 15 is 0 Å². The molecule has 1 rings (SSSR count). The number of hydrogen-bond donors (Lipinski definition) is 0. The van der Waals surface area contributed by atoms with Crippen LogP contribution in [0.4, 0.5) is 0 Å². The van der Waals surface area contributed by atoms with Gasteiger partial charge in [0, 0.05) is 0 Å². The van der Waals surface area contributed by atoms with Crippen molar-refractivity contribution >= 4 is 0 Å². The van der Waals surface area contributed by atoms with Crippen molar-refractivity contribution in [1.82, 2.24) is 0 Å². The van der Waals surface area contributed by atoms with E-state index in [1.54, 1.807) is 16.7 Å². The molecule has 0 fully saturated rings. The summed E-state index contributed by atoms with van der Waals surface area (Å²) >= 11 is 0. The number of hydrogen-bond acceptors (Lipinski definition) is 0. The first-order chi connectivity index (χ1) is 11.3. The van der Waals surface area contributed by atoms with Crippen LogP contribution >= 0.6 is 0 Å². The Bertz CT molecular complexity index is 345. The van der Waals surface area contributed by atoms with Gasteiger partial charge in [0.15, 0.2) is 0 Å². The zero-order chi connectivity index (χ0) is 16.8. The fraction of sp³-hybridized carbons (Fsp3) is 0.826. The first-order valence-electron chi connectivity index (χ1n) is 10.6. The quantitative estimate of drug-likeness (QED) is 0.266. The van der Waals surface area contributed by atoms with Gasteiger partial charge in [-0.3, -0.25) is 0 Å². The first kappa shape index (κ1) is 20.5. The molecule has 1 radical (unpaired) electrons. The van der Waals surface area contributed by atoms with Crippen LogP contribution in [0.15, 0.2) is 16.7 Å². The van der Waals surface area contributed by atoms with E-state index in [1.165, 1.54) is 96.3 Å². The van der Waals surface area contributed by atoms with Gasteiger partial charge < -0.3 is 0 Å². The molecule has 0 saturated carbocycles. The van der Waals surface area contributed by atoms with Gasteiger partial charge in [0.05, 0.1) is 0 Å². The van der Waals surface area contributed by atoms with Crippen LogP contribution in [-0.2, 0) is 0 Å². The minimum absolute atomic E-state index is 1.15. The molecule has 0 unspecified atom stereocenters. The lowest BCUT2D eigenvalue weighted by molar-refractivity contribution is 0.639. The molecule has 23 heavy (non-hydrogen) atoms. The molecule has 1 aliphatic rings. The molecule has 0 heterocycles. The Morgan fingerprint density at radius 1 is 0.609 bits per heavy atom. The summed E-state index contributed by atoms with van der Waals surface area (Å²) in [7, 11) is 0. The van der Waals surface area contributed by atoms with Gasteiger partial charge in [-0.1, -0.05) is 84.1 Å². The predicted octanol–water partition coefficient (Wildman–Crippen LogP) is 8.33. The lowest BCUT2D eigenvalue weighted by atomic mass is 9.93. The summed E-state index contributed by atoms with van der Waals surface area (Å²) in [6, 6.07) is 0. The van der Waals surface area contributed by atoms with Gasteiger partial charge in [0.2, 0.25) is 0 Å². The van der Waals surface area contributed by atoms with Crippen LogP contribution in [0.2, 0.25) is 0 Å². The van der Waals surface area contributed by atoms with E-state index in [1.807, 2.05) is 0 Å². The van der Waals surface area contributed by atoms with Crippen molar-refractivity contribution in [2.45, 2.75) is 124 Å². The number of unbranched alkanes of at least 4 members (excludes halogenated alkanes) is 9. The monoisotopic (exact) mass is 317 g/mol. The molecule has 1 aliphatic carbocycles. The number of rotatable bonds is 15. The second-order valence-corrected chi connectivity index (χ2v) is 7.35. The third-order valence-electron chi connectivity index (χ3n) is 5.20. The van der Waals surface area contributed by atoms with Gasteiger partial charge >= 0.3 is 0 Å². The summed E-state index contributed by atoms with van der Waals surface area (Å²) < 4.78 is 0. The van der Waals surface area contributed by atoms with Gasteiger partial charge in [-0.05, 0) is 62.2 Å². The third-order valence-corrected chi connectivity index (χ3v) is 5.20.